The maximum absolute atomic E-state index is 11.5. The van der Waals surface area contributed by atoms with E-state index in [1.807, 2.05) is 0 Å². The van der Waals surface area contributed by atoms with Crippen LogP contribution in [0.5, 0.6) is 0 Å². The number of nitrogen functional groups attached to an aromatic ring is 1. The first-order chi connectivity index (χ1) is 10.3. The quantitative estimate of drug-likeness (QED) is 0.342. The standard InChI is InChI=1S/C14H18BrN3O4/c1-4-9-10(7-17(3)8-13(19)22-5-2)14(16)12(18(20)21)6-11(9)15/h4,6H,1,5,7-8,16H2,2-3H3. The summed E-state index contributed by atoms with van der Waals surface area (Å²) in [7, 11) is 1.70. The van der Waals surface area contributed by atoms with Gasteiger partial charge in [0.2, 0.25) is 0 Å². The molecule has 7 nitrogen and oxygen atoms in total. The van der Waals surface area contributed by atoms with E-state index >= 15 is 0 Å². The van der Waals surface area contributed by atoms with Gasteiger partial charge in [-0.25, -0.2) is 0 Å². The van der Waals surface area contributed by atoms with Crippen molar-refractivity contribution in [3.05, 3.63) is 38.4 Å². The van der Waals surface area contributed by atoms with Gasteiger partial charge in [0.15, 0.2) is 0 Å². The Bertz CT molecular complexity index is 604. The lowest BCUT2D eigenvalue weighted by atomic mass is 10.0. The van der Waals surface area contributed by atoms with Crippen LogP contribution in [-0.2, 0) is 16.1 Å². The molecule has 0 radical (unpaired) electrons. The van der Waals surface area contributed by atoms with Gasteiger partial charge in [0.1, 0.15) is 5.69 Å². The van der Waals surface area contributed by atoms with Crippen LogP contribution in [0.25, 0.3) is 6.08 Å². The normalized spacial score (nSPS) is 10.5. The molecule has 2 N–H and O–H groups in total. The number of hydrogen-bond donors (Lipinski definition) is 1. The fraction of sp³-hybridized carbons (Fsp3) is 0.357. The van der Waals surface area contributed by atoms with Gasteiger partial charge in [-0.1, -0.05) is 12.7 Å². The van der Waals surface area contributed by atoms with E-state index in [-0.39, 0.29) is 30.4 Å². The number of likely N-dealkylation sites (N-methyl/N-ethyl adjacent to an activating group) is 1. The summed E-state index contributed by atoms with van der Waals surface area (Å²) in [5.41, 5.74) is 7.01. The fourth-order valence-electron chi connectivity index (χ4n) is 2.01. The van der Waals surface area contributed by atoms with Crippen LogP contribution in [0.2, 0.25) is 0 Å². The molecule has 0 spiro atoms. The lowest BCUT2D eigenvalue weighted by Gasteiger charge is -2.19. The van der Waals surface area contributed by atoms with Crippen LogP contribution in [0.15, 0.2) is 17.1 Å². The molecule has 0 aliphatic heterocycles. The van der Waals surface area contributed by atoms with Crippen molar-refractivity contribution in [2.24, 2.45) is 0 Å². The highest BCUT2D eigenvalue weighted by Gasteiger charge is 2.22. The summed E-state index contributed by atoms with van der Waals surface area (Å²) in [5, 5.41) is 11.1. The highest BCUT2D eigenvalue weighted by Crippen LogP contribution is 2.35. The predicted octanol–water partition coefficient (Wildman–Crippen LogP) is 2.58. The number of nitro groups is 1. The average molecular weight is 372 g/mol. The van der Waals surface area contributed by atoms with Gasteiger partial charge in [0.25, 0.3) is 5.69 Å². The molecule has 120 valence electrons. The first-order valence-corrected chi connectivity index (χ1v) is 7.32. The van der Waals surface area contributed by atoms with Crippen molar-refractivity contribution in [1.82, 2.24) is 4.90 Å². The zero-order chi connectivity index (χ0) is 16.9. The molecule has 0 saturated heterocycles. The van der Waals surface area contributed by atoms with E-state index in [1.165, 1.54) is 6.07 Å². The number of esters is 1. The molecule has 0 unspecified atom stereocenters. The van der Waals surface area contributed by atoms with Gasteiger partial charge in [-0.05, 0) is 35.5 Å². The summed E-state index contributed by atoms with van der Waals surface area (Å²) >= 11 is 3.28. The first-order valence-electron chi connectivity index (χ1n) is 6.53. The van der Waals surface area contributed by atoms with Crippen LogP contribution in [0, 0.1) is 10.1 Å². The zero-order valence-electron chi connectivity index (χ0n) is 12.5. The Labute approximate surface area is 137 Å². The molecule has 0 heterocycles. The van der Waals surface area contributed by atoms with Crippen molar-refractivity contribution in [2.45, 2.75) is 13.5 Å². The summed E-state index contributed by atoms with van der Waals surface area (Å²) < 4.78 is 5.40. The Morgan fingerprint density at radius 1 is 1.64 bits per heavy atom. The van der Waals surface area contributed by atoms with E-state index < -0.39 is 4.92 Å². The Morgan fingerprint density at radius 2 is 2.27 bits per heavy atom. The molecule has 1 aromatic rings. The first kappa shape index (κ1) is 18.1. The summed E-state index contributed by atoms with van der Waals surface area (Å²) in [6, 6.07) is 1.35. The Morgan fingerprint density at radius 3 is 2.77 bits per heavy atom. The van der Waals surface area contributed by atoms with Crippen LogP contribution in [-0.4, -0.2) is 36.0 Å². The van der Waals surface area contributed by atoms with Crippen molar-refractivity contribution in [3.63, 3.8) is 0 Å². The van der Waals surface area contributed by atoms with Gasteiger partial charge in [0, 0.05) is 22.6 Å². The Hall–Kier alpha value is -1.93. The van der Waals surface area contributed by atoms with E-state index in [4.69, 9.17) is 10.5 Å². The molecule has 0 saturated carbocycles. The number of halogens is 1. The van der Waals surface area contributed by atoms with Crippen molar-refractivity contribution in [3.8, 4) is 0 Å². The largest absolute Gasteiger partial charge is 0.465 e. The molecule has 0 amide bonds. The average Bonchev–Trinajstić information content (AvgIpc) is 2.42. The molecule has 8 heteroatoms. The van der Waals surface area contributed by atoms with Crippen molar-refractivity contribution in [1.29, 1.82) is 0 Å². The molecule has 0 aliphatic carbocycles. The van der Waals surface area contributed by atoms with Gasteiger partial charge < -0.3 is 10.5 Å². The maximum atomic E-state index is 11.5. The second-order valence-electron chi connectivity index (χ2n) is 4.62. The molecule has 0 bridgehead atoms. The minimum absolute atomic E-state index is 0.0597. The van der Waals surface area contributed by atoms with E-state index in [2.05, 4.69) is 22.5 Å². The highest BCUT2D eigenvalue weighted by atomic mass is 79.9. The predicted molar refractivity (Wildman–Crippen MR) is 88.3 cm³/mol. The molecule has 22 heavy (non-hydrogen) atoms. The Balaban J connectivity index is 3.14. The third-order valence-corrected chi connectivity index (χ3v) is 3.64. The van der Waals surface area contributed by atoms with Crippen LogP contribution in [0.3, 0.4) is 0 Å². The van der Waals surface area contributed by atoms with E-state index in [0.717, 1.165) is 0 Å². The topological polar surface area (TPSA) is 98.7 Å². The van der Waals surface area contributed by atoms with Crippen molar-refractivity contribution < 1.29 is 14.5 Å². The molecule has 0 aromatic heterocycles. The third-order valence-electron chi connectivity index (χ3n) is 2.98. The molecule has 0 aliphatic rings. The van der Waals surface area contributed by atoms with E-state index in [1.54, 1.807) is 24.9 Å². The van der Waals surface area contributed by atoms with Crippen molar-refractivity contribution >= 4 is 39.4 Å². The number of benzene rings is 1. The highest BCUT2D eigenvalue weighted by molar-refractivity contribution is 9.10. The second kappa shape index (κ2) is 7.90. The number of carbonyl (C=O) groups is 1. The lowest BCUT2D eigenvalue weighted by Crippen LogP contribution is -2.27. The summed E-state index contributed by atoms with van der Waals surface area (Å²) in [6.45, 7) is 6.04. The molecule has 0 atom stereocenters. The molecule has 1 aromatic carbocycles. The van der Waals surface area contributed by atoms with Gasteiger partial charge in [-0.2, -0.15) is 0 Å². The fourth-order valence-corrected chi connectivity index (χ4v) is 2.63. The van der Waals surface area contributed by atoms with Crippen LogP contribution in [0.4, 0.5) is 11.4 Å². The summed E-state index contributed by atoms with van der Waals surface area (Å²) in [4.78, 5) is 23.7. The molecule has 1 rings (SSSR count). The number of rotatable bonds is 7. The molecule has 0 fully saturated rings. The zero-order valence-corrected chi connectivity index (χ0v) is 14.1. The van der Waals surface area contributed by atoms with Crippen LogP contribution < -0.4 is 5.73 Å². The number of anilines is 1. The minimum Gasteiger partial charge on any atom is -0.465 e. The van der Waals surface area contributed by atoms with Gasteiger partial charge in [0.05, 0.1) is 18.1 Å². The maximum Gasteiger partial charge on any atom is 0.320 e. The monoisotopic (exact) mass is 371 g/mol. The SMILES string of the molecule is C=Cc1c(Br)cc([N+](=O)[O-])c(N)c1CN(C)CC(=O)OCC. The number of hydrogen-bond acceptors (Lipinski definition) is 6. The van der Waals surface area contributed by atoms with E-state index in [0.29, 0.717) is 22.2 Å². The summed E-state index contributed by atoms with van der Waals surface area (Å²) in [5.74, 6) is -0.367. The smallest absolute Gasteiger partial charge is 0.320 e. The number of nitro benzene ring substituents is 1. The van der Waals surface area contributed by atoms with E-state index in [9.17, 15) is 14.9 Å². The van der Waals surface area contributed by atoms with Gasteiger partial charge >= 0.3 is 5.97 Å². The number of nitrogens with zero attached hydrogens (tertiary/aromatic N) is 2. The van der Waals surface area contributed by atoms with Gasteiger partial charge in [-0.3, -0.25) is 19.8 Å². The van der Waals surface area contributed by atoms with Crippen LogP contribution in [0.1, 0.15) is 18.1 Å². The molecular formula is C14H18BrN3O4. The lowest BCUT2D eigenvalue weighted by molar-refractivity contribution is -0.384. The third kappa shape index (κ3) is 4.28. The number of carbonyl (C=O) groups excluding carboxylic acids is 1. The van der Waals surface area contributed by atoms with Crippen LogP contribution >= 0.6 is 15.9 Å². The Kier molecular flexibility index (Phi) is 6.51. The number of ether oxygens (including phenoxy) is 1. The second-order valence-corrected chi connectivity index (χ2v) is 5.48. The van der Waals surface area contributed by atoms with Gasteiger partial charge in [-0.15, -0.1) is 0 Å². The summed E-state index contributed by atoms with van der Waals surface area (Å²) in [6.07, 6.45) is 1.57. The van der Waals surface area contributed by atoms with Crippen molar-refractivity contribution in [2.75, 3.05) is 25.9 Å². The molecular weight excluding hydrogens is 354 g/mol. The minimum atomic E-state index is -0.540. The number of nitrogens with two attached hydrogens (primary N) is 1.